The van der Waals surface area contributed by atoms with Crippen molar-refractivity contribution in [1.82, 2.24) is 5.32 Å². The van der Waals surface area contributed by atoms with Gasteiger partial charge in [0.2, 0.25) is 5.91 Å². The summed E-state index contributed by atoms with van der Waals surface area (Å²) in [6.07, 6.45) is -1.66. The zero-order valence-electron chi connectivity index (χ0n) is 11.5. The Labute approximate surface area is 121 Å². The summed E-state index contributed by atoms with van der Waals surface area (Å²) in [5.41, 5.74) is 1.02. The van der Waals surface area contributed by atoms with Gasteiger partial charge in [-0.05, 0) is 29.7 Å². The van der Waals surface area contributed by atoms with Crippen molar-refractivity contribution in [2.24, 2.45) is 0 Å². The molecular weight excluding hydrogens is 278 g/mol. The number of amides is 2. The minimum absolute atomic E-state index is 0.0397. The molecule has 2 atom stereocenters. The van der Waals surface area contributed by atoms with Crippen molar-refractivity contribution in [3.05, 3.63) is 23.3 Å². The van der Waals surface area contributed by atoms with Crippen LogP contribution in [0, 0.1) is 0 Å². The van der Waals surface area contributed by atoms with Gasteiger partial charge in [-0.25, -0.2) is 0 Å². The van der Waals surface area contributed by atoms with E-state index in [4.69, 9.17) is 4.74 Å². The van der Waals surface area contributed by atoms with Crippen LogP contribution >= 0.6 is 0 Å². The predicted molar refractivity (Wildman–Crippen MR) is 71.6 cm³/mol. The second-order valence-electron chi connectivity index (χ2n) is 4.94. The van der Waals surface area contributed by atoms with Crippen LogP contribution in [-0.2, 0) is 20.7 Å². The number of aromatic hydroxyl groups is 2. The monoisotopic (exact) mass is 295 g/mol. The lowest BCUT2D eigenvalue weighted by molar-refractivity contribution is -0.136. The van der Waals surface area contributed by atoms with Crippen LogP contribution in [0.1, 0.15) is 30.1 Å². The Morgan fingerprint density at radius 3 is 2.57 bits per heavy atom. The summed E-state index contributed by atoms with van der Waals surface area (Å²) in [6.45, 7) is 0. The molecule has 0 saturated heterocycles. The molecule has 0 aromatic heterocycles. The number of aliphatic hydroxyl groups excluding tert-OH is 1. The van der Waals surface area contributed by atoms with E-state index in [-0.39, 0.29) is 24.3 Å². The number of nitrogens with one attached hydrogen (secondary N) is 1. The van der Waals surface area contributed by atoms with Gasteiger partial charge in [0.15, 0.2) is 11.5 Å². The average molecular weight is 295 g/mol. The van der Waals surface area contributed by atoms with Crippen molar-refractivity contribution in [3.8, 4) is 11.5 Å². The van der Waals surface area contributed by atoms with Crippen LogP contribution in [0.3, 0.4) is 0 Å². The van der Waals surface area contributed by atoms with Gasteiger partial charge in [-0.1, -0.05) is 0 Å². The molecule has 114 valence electrons. The van der Waals surface area contributed by atoms with Gasteiger partial charge in [-0.2, -0.15) is 0 Å². The molecule has 4 N–H and O–H groups in total. The SMILES string of the molecule is CO[C@@H]1CCC(=O)NC(=O)[C@@H](O)Cc2cc(O)c(O)cc21. The lowest BCUT2D eigenvalue weighted by Gasteiger charge is -2.23. The van der Waals surface area contributed by atoms with E-state index in [2.05, 4.69) is 5.32 Å². The molecular formula is C14H17NO6. The molecule has 0 aliphatic carbocycles. The molecule has 21 heavy (non-hydrogen) atoms. The number of ether oxygens (including phenoxy) is 1. The van der Waals surface area contributed by atoms with Crippen LogP contribution in [-0.4, -0.2) is 40.3 Å². The Bertz CT molecular complexity index is 571. The van der Waals surface area contributed by atoms with Gasteiger partial charge < -0.3 is 20.1 Å². The lowest BCUT2D eigenvalue weighted by atomic mass is 9.93. The maximum Gasteiger partial charge on any atom is 0.255 e. The van der Waals surface area contributed by atoms with Gasteiger partial charge in [-0.3, -0.25) is 14.9 Å². The molecule has 1 heterocycles. The highest BCUT2D eigenvalue weighted by Gasteiger charge is 2.26. The maximum absolute atomic E-state index is 11.6. The molecule has 0 saturated carbocycles. The fourth-order valence-electron chi connectivity index (χ4n) is 2.36. The number of imide groups is 1. The number of hydrogen-bond acceptors (Lipinski definition) is 6. The summed E-state index contributed by atoms with van der Waals surface area (Å²) in [7, 11) is 1.46. The molecule has 7 nitrogen and oxygen atoms in total. The van der Waals surface area contributed by atoms with Gasteiger partial charge in [-0.15, -0.1) is 0 Å². The number of rotatable bonds is 1. The highest BCUT2D eigenvalue weighted by molar-refractivity contribution is 5.97. The zero-order chi connectivity index (χ0) is 15.6. The number of benzene rings is 1. The van der Waals surface area contributed by atoms with Crippen LogP contribution in [0.4, 0.5) is 0 Å². The fourth-order valence-corrected chi connectivity index (χ4v) is 2.36. The molecule has 0 unspecified atom stereocenters. The second-order valence-corrected chi connectivity index (χ2v) is 4.94. The number of fused-ring (bicyclic) bond motifs is 1. The van der Waals surface area contributed by atoms with E-state index in [0.717, 1.165) is 0 Å². The minimum atomic E-state index is -1.42. The molecule has 1 aromatic rings. The number of aliphatic hydroxyl groups is 1. The number of phenols is 2. The van der Waals surface area contributed by atoms with Crippen molar-refractivity contribution in [1.29, 1.82) is 0 Å². The van der Waals surface area contributed by atoms with Crippen molar-refractivity contribution >= 4 is 11.8 Å². The number of carbonyl (C=O) groups excluding carboxylic acids is 2. The summed E-state index contributed by atoms with van der Waals surface area (Å²) >= 11 is 0. The second kappa shape index (κ2) is 6.11. The summed E-state index contributed by atoms with van der Waals surface area (Å²) in [5.74, 6) is -1.94. The highest BCUT2D eigenvalue weighted by atomic mass is 16.5. The third-order valence-electron chi connectivity index (χ3n) is 3.48. The standard InChI is InChI=1S/C14H17NO6/c1-21-12-2-3-13(19)15-14(20)11(18)5-7-4-9(16)10(17)6-8(7)12/h4,6,11-12,16-18H,2-3,5H2,1H3,(H,15,19,20)/t11-,12+/m0/s1. The predicted octanol–water partition coefficient (Wildman–Crippen LogP) is 0.125. The quantitative estimate of drug-likeness (QED) is 0.432. The Hall–Kier alpha value is -2.12. The van der Waals surface area contributed by atoms with Crippen LogP contribution in [0.2, 0.25) is 0 Å². The third kappa shape index (κ3) is 3.32. The van der Waals surface area contributed by atoms with E-state index in [1.54, 1.807) is 0 Å². The summed E-state index contributed by atoms with van der Waals surface area (Å²) in [5, 5.41) is 31.2. The molecule has 0 spiro atoms. The third-order valence-corrected chi connectivity index (χ3v) is 3.48. The topological polar surface area (TPSA) is 116 Å². The average Bonchev–Trinajstić information content (AvgIpc) is 2.43. The number of hydrogen-bond donors (Lipinski definition) is 4. The summed E-state index contributed by atoms with van der Waals surface area (Å²) in [4.78, 5) is 23.2. The summed E-state index contributed by atoms with van der Waals surface area (Å²) in [6, 6.07) is 2.62. The van der Waals surface area contributed by atoms with Crippen molar-refractivity contribution < 1.29 is 29.6 Å². The fraction of sp³-hybridized carbons (Fsp3) is 0.429. The van der Waals surface area contributed by atoms with Crippen LogP contribution in [0.15, 0.2) is 12.1 Å². The first-order chi connectivity index (χ1) is 9.92. The molecule has 1 aliphatic rings. The van der Waals surface area contributed by atoms with Crippen LogP contribution < -0.4 is 5.32 Å². The van der Waals surface area contributed by atoms with E-state index in [9.17, 15) is 24.9 Å². The van der Waals surface area contributed by atoms with E-state index in [1.165, 1.54) is 19.2 Å². The molecule has 1 aromatic carbocycles. The Morgan fingerprint density at radius 1 is 1.24 bits per heavy atom. The van der Waals surface area contributed by atoms with E-state index < -0.39 is 24.0 Å². The van der Waals surface area contributed by atoms with Gasteiger partial charge >= 0.3 is 0 Å². The van der Waals surface area contributed by atoms with Gasteiger partial charge in [0.05, 0.1) is 6.10 Å². The van der Waals surface area contributed by atoms with Gasteiger partial charge in [0.25, 0.3) is 5.91 Å². The largest absolute Gasteiger partial charge is 0.504 e. The van der Waals surface area contributed by atoms with Gasteiger partial charge in [0, 0.05) is 20.0 Å². The van der Waals surface area contributed by atoms with Crippen molar-refractivity contribution in [3.63, 3.8) is 0 Å². The number of phenolic OH excluding ortho intramolecular Hbond substituents is 2. The molecule has 0 bridgehead atoms. The lowest BCUT2D eigenvalue weighted by Crippen LogP contribution is -2.40. The smallest absolute Gasteiger partial charge is 0.255 e. The minimum Gasteiger partial charge on any atom is -0.504 e. The van der Waals surface area contributed by atoms with Crippen LogP contribution in [0.5, 0.6) is 11.5 Å². The molecule has 2 amide bonds. The zero-order valence-corrected chi connectivity index (χ0v) is 11.5. The molecule has 1 aliphatic heterocycles. The molecule has 0 fully saturated rings. The maximum atomic E-state index is 11.6. The Balaban J connectivity index is 2.47. The van der Waals surface area contributed by atoms with E-state index >= 15 is 0 Å². The highest BCUT2D eigenvalue weighted by Crippen LogP contribution is 2.35. The first-order valence-corrected chi connectivity index (χ1v) is 6.51. The Morgan fingerprint density at radius 2 is 1.90 bits per heavy atom. The molecule has 7 heteroatoms. The summed E-state index contributed by atoms with van der Waals surface area (Å²) < 4.78 is 5.32. The number of methoxy groups -OCH3 is 1. The van der Waals surface area contributed by atoms with Crippen molar-refractivity contribution in [2.75, 3.05) is 7.11 Å². The molecule has 2 rings (SSSR count). The number of carbonyl (C=O) groups is 2. The first kappa shape index (κ1) is 15.3. The van der Waals surface area contributed by atoms with Gasteiger partial charge in [0.1, 0.15) is 6.10 Å². The van der Waals surface area contributed by atoms with Crippen molar-refractivity contribution in [2.45, 2.75) is 31.5 Å². The Kier molecular flexibility index (Phi) is 4.44. The van der Waals surface area contributed by atoms with E-state index in [0.29, 0.717) is 17.5 Å². The van der Waals surface area contributed by atoms with Crippen LogP contribution in [0.25, 0.3) is 0 Å². The molecule has 0 radical (unpaired) electrons. The van der Waals surface area contributed by atoms with E-state index in [1.807, 2.05) is 0 Å². The first-order valence-electron chi connectivity index (χ1n) is 6.51. The normalized spacial score (nSPS) is 23.3.